The number of amides is 1. The number of hydrogen-bond donors (Lipinski definition) is 2. The molecule has 0 spiro atoms. The second-order valence-corrected chi connectivity index (χ2v) is 8.56. The fraction of sp³-hybridized carbons (Fsp3) is 0.160. The number of fused-ring (bicyclic) bond motifs is 1. The molecule has 8 nitrogen and oxygen atoms in total. The molecule has 9 heteroatoms. The molecule has 0 fully saturated rings. The van der Waals surface area contributed by atoms with Gasteiger partial charge in [0.25, 0.3) is 17.5 Å². The highest BCUT2D eigenvalue weighted by atomic mass is 32.1. The zero-order chi connectivity index (χ0) is 24.6. The Bertz CT molecular complexity index is 1470. The van der Waals surface area contributed by atoms with Crippen LogP contribution in [0.1, 0.15) is 50.3 Å². The first-order chi connectivity index (χ1) is 16.2. The highest BCUT2D eigenvalue weighted by Crippen LogP contribution is 2.33. The van der Waals surface area contributed by atoms with Crippen molar-refractivity contribution in [2.24, 2.45) is 5.73 Å². The molecule has 0 saturated heterocycles. The third-order valence-corrected chi connectivity index (χ3v) is 6.35. The number of aryl methyl sites for hydroxylation is 1. The zero-order valence-corrected chi connectivity index (χ0v) is 19.3. The van der Waals surface area contributed by atoms with Crippen molar-refractivity contribution in [3.8, 4) is 11.1 Å². The lowest BCUT2D eigenvalue weighted by Crippen LogP contribution is -2.25. The number of Topliss-reactive ketones (excluding diaryl/α,β-unsaturated/α-hetero) is 2. The SMILES string of the molecule is CCc1c(C(=O)C(N)=O)c2c(C(=O)C(=O)O)nc(C)cn2c1Cc1ccccc1-c1ccsc1. The zero-order valence-electron chi connectivity index (χ0n) is 18.5. The summed E-state index contributed by atoms with van der Waals surface area (Å²) in [6, 6.07) is 9.83. The number of hydrogen-bond acceptors (Lipinski definition) is 6. The average molecular weight is 476 g/mol. The van der Waals surface area contributed by atoms with Crippen molar-refractivity contribution < 1.29 is 24.3 Å². The van der Waals surface area contributed by atoms with Crippen molar-refractivity contribution in [3.63, 3.8) is 0 Å². The molecule has 1 aromatic carbocycles. The molecule has 0 aliphatic carbocycles. The van der Waals surface area contributed by atoms with Crippen LogP contribution >= 0.6 is 11.3 Å². The summed E-state index contributed by atoms with van der Waals surface area (Å²) in [7, 11) is 0. The van der Waals surface area contributed by atoms with Crippen LogP contribution in [0.4, 0.5) is 0 Å². The summed E-state index contributed by atoms with van der Waals surface area (Å²) in [5, 5.41) is 13.4. The number of primary amides is 1. The minimum Gasteiger partial charge on any atom is -0.475 e. The largest absolute Gasteiger partial charge is 0.475 e. The molecule has 0 saturated carbocycles. The van der Waals surface area contributed by atoms with Gasteiger partial charge < -0.3 is 15.2 Å². The number of carbonyl (C=O) groups excluding carboxylic acids is 3. The molecule has 172 valence electrons. The maximum absolute atomic E-state index is 12.9. The van der Waals surface area contributed by atoms with Gasteiger partial charge >= 0.3 is 5.97 Å². The van der Waals surface area contributed by atoms with Gasteiger partial charge in [-0.1, -0.05) is 31.2 Å². The summed E-state index contributed by atoms with van der Waals surface area (Å²) in [5.41, 5.74) is 9.45. The number of carboxylic acids is 1. The molecule has 0 atom stereocenters. The van der Waals surface area contributed by atoms with E-state index in [4.69, 9.17) is 5.73 Å². The van der Waals surface area contributed by atoms with Crippen LogP contribution in [0.2, 0.25) is 0 Å². The van der Waals surface area contributed by atoms with Crippen LogP contribution in [0, 0.1) is 6.92 Å². The summed E-state index contributed by atoms with van der Waals surface area (Å²) in [4.78, 5) is 53.0. The standard InChI is InChI=1S/C25H21N3O5S/c1-3-16-18(10-14-6-4-5-7-17(14)15-8-9-34-12-15)28-11-13(2)27-20(23(30)25(32)33)21(28)19(16)22(29)24(26)31/h4-9,11-12H,3,10H2,1-2H3,(H2,26,31)(H,32,33). The molecule has 0 unspecified atom stereocenters. The molecule has 3 N–H and O–H groups in total. The Hall–Kier alpha value is -4.11. The van der Waals surface area contributed by atoms with Gasteiger partial charge in [-0.25, -0.2) is 9.78 Å². The lowest BCUT2D eigenvalue weighted by atomic mass is 9.95. The normalized spacial score (nSPS) is 11.0. The van der Waals surface area contributed by atoms with Gasteiger partial charge in [-0.15, -0.1) is 0 Å². The maximum atomic E-state index is 12.9. The van der Waals surface area contributed by atoms with Gasteiger partial charge in [-0.05, 0) is 52.4 Å². The molecule has 0 aliphatic rings. The van der Waals surface area contributed by atoms with E-state index in [1.807, 2.05) is 48.0 Å². The van der Waals surface area contributed by atoms with E-state index in [1.54, 1.807) is 28.9 Å². The molecule has 0 aliphatic heterocycles. The van der Waals surface area contributed by atoms with Gasteiger partial charge in [-0.2, -0.15) is 11.3 Å². The number of carboxylic acid groups (broad SMARTS) is 1. The smallest absolute Gasteiger partial charge is 0.379 e. The minimum atomic E-state index is -1.71. The van der Waals surface area contributed by atoms with E-state index >= 15 is 0 Å². The van der Waals surface area contributed by atoms with Crippen LogP contribution in [-0.4, -0.2) is 37.9 Å². The molecule has 3 heterocycles. The Labute approximate surface area is 198 Å². The van der Waals surface area contributed by atoms with Crippen LogP contribution in [0.3, 0.4) is 0 Å². The van der Waals surface area contributed by atoms with E-state index < -0.39 is 29.1 Å². The molecule has 4 aromatic rings. The molecule has 0 bridgehead atoms. The molecule has 0 radical (unpaired) electrons. The predicted octanol–water partition coefficient (Wildman–Crippen LogP) is 3.46. The number of rotatable bonds is 8. The molecular weight excluding hydrogens is 454 g/mol. The second-order valence-electron chi connectivity index (χ2n) is 7.78. The van der Waals surface area contributed by atoms with E-state index in [0.717, 1.165) is 16.7 Å². The summed E-state index contributed by atoms with van der Waals surface area (Å²) in [6.07, 6.45) is 2.35. The first kappa shape index (κ1) is 23.1. The maximum Gasteiger partial charge on any atom is 0.379 e. The van der Waals surface area contributed by atoms with Crippen molar-refractivity contribution in [2.75, 3.05) is 0 Å². The number of benzene rings is 1. The average Bonchev–Trinajstić information content (AvgIpc) is 3.44. The fourth-order valence-corrected chi connectivity index (χ4v) is 4.92. The second kappa shape index (κ2) is 9.03. The number of thiophene rings is 1. The Morgan fingerprint density at radius 2 is 1.85 bits per heavy atom. The van der Waals surface area contributed by atoms with E-state index in [0.29, 0.717) is 29.8 Å². The van der Waals surface area contributed by atoms with Gasteiger partial charge in [0, 0.05) is 18.3 Å². The first-order valence-corrected chi connectivity index (χ1v) is 11.4. The van der Waals surface area contributed by atoms with E-state index in [2.05, 4.69) is 4.98 Å². The van der Waals surface area contributed by atoms with Gasteiger partial charge in [0.05, 0.1) is 16.8 Å². The van der Waals surface area contributed by atoms with Gasteiger partial charge in [-0.3, -0.25) is 14.4 Å². The lowest BCUT2D eigenvalue weighted by molar-refractivity contribution is -0.131. The Morgan fingerprint density at radius 3 is 2.47 bits per heavy atom. The van der Waals surface area contributed by atoms with Gasteiger partial charge in [0.1, 0.15) is 5.69 Å². The van der Waals surface area contributed by atoms with Crippen LogP contribution < -0.4 is 5.73 Å². The van der Waals surface area contributed by atoms with Gasteiger partial charge in [0.15, 0.2) is 0 Å². The fourth-order valence-electron chi connectivity index (χ4n) is 4.26. The summed E-state index contributed by atoms with van der Waals surface area (Å²) in [5.74, 6) is -5.16. The lowest BCUT2D eigenvalue weighted by Gasteiger charge is -2.11. The van der Waals surface area contributed by atoms with Crippen molar-refractivity contribution >= 4 is 40.3 Å². The van der Waals surface area contributed by atoms with Crippen molar-refractivity contribution in [3.05, 3.63) is 81.1 Å². The van der Waals surface area contributed by atoms with Crippen LogP contribution in [0.15, 0.2) is 47.3 Å². The van der Waals surface area contributed by atoms with Crippen LogP contribution in [0.5, 0.6) is 0 Å². The summed E-state index contributed by atoms with van der Waals surface area (Å²) in [6.45, 7) is 3.45. The highest BCUT2D eigenvalue weighted by molar-refractivity contribution is 7.08. The highest BCUT2D eigenvalue weighted by Gasteiger charge is 2.31. The summed E-state index contributed by atoms with van der Waals surface area (Å²) >= 11 is 1.58. The number of nitrogens with two attached hydrogens (primary N) is 1. The topological polar surface area (TPSA) is 132 Å². The predicted molar refractivity (Wildman–Crippen MR) is 127 cm³/mol. The molecular formula is C25H21N3O5S. The van der Waals surface area contributed by atoms with Crippen molar-refractivity contribution in [1.82, 2.24) is 9.38 Å². The molecule has 1 amide bonds. The molecule has 3 aromatic heterocycles. The number of aromatic nitrogens is 2. The van der Waals surface area contributed by atoms with E-state index in [-0.39, 0.29) is 11.1 Å². The van der Waals surface area contributed by atoms with Crippen LogP contribution in [-0.2, 0) is 22.4 Å². The Kier molecular flexibility index (Phi) is 6.12. The van der Waals surface area contributed by atoms with Crippen LogP contribution in [0.25, 0.3) is 16.6 Å². The van der Waals surface area contributed by atoms with Gasteiger partial charge in [0.2, 0.25) is 0 Å². The third-order valence-electron chi connectivity index (χ3n) is 5.67. The van der Waals surface area contributed by atoms with E-state index in [9.17, 15) is 24.3 Å². The monoisotopic (exact) mass is 475 g/mol. The van der Waals surface area contributed by atoms with E-state index in [1.165, 1.54) is 0 Å². The Balaban J connectivity index is 2.06. The van der Waals surface area contributed by atoms with Crippen molar-refractivity contribution in [2.45, 2.75) is 26.7 Å². The number of nitrogens with zero attached hydrogens (tertiary/aromatic N) is 2. The summed E-state index contributed by atoms with van der Waals surface area (Å²) < 4.78 is 1.61. The van der Waals surface area contributed by atoms with Crippen molar-refractivity contribution in [1.29, 1.82) is 0 Å². The number of aliphatic carboxylic acids is 1. The number of ketones is 2. The molecule has 4 rings (SSSR count). The first-order valence-electron chi connectivity index (χ1n) is 10.5. The quantitative estimate of drug-likeness (QED) is 0.296. The molecule has 34 heavy (non-hydrogen) atoms. The minimum absolute atomic E-state index is 0.0123. The third kappa shape index (κ3) is 3.90. The Morgan fingerprint density at radius 1 is 1.12 bits per heavy atom. The number of carbonyl (C=O) groups is 4.